The zero-order chi connectivity index (χ0) is 9.40. The first-order chi connectivity index (χ1) is 5.70. The Kier molecular flexibility index (Phi) is 7.51. The fourth-order valence-electron chi connectivity index (χ4n) is 1.21. The van der Waals surface area contributed by atoms with E-state index in [2.05, 4.69) is 13.8 Å². The van der Waals surface area contributed by atoms with Gasteiger partial charge in [0.1, 0.15) is 0 Å². The third-order valence-electron chi connectivity index (χ3n) is 1.99. The first kappa shape index (κ1) is 11.9. The van der Waals surface area contributed by atoms with Crippen molar-refractivity contribution in [2.24, 2.45) is 5.92 Å². The minimum absolute atomic E-state index is 0.286. The molecule has 0 rings (SSSR count). The van der Waals surface area contributed by atoms with Crippen LogP contribution >= 0.6 is 0 Å². The van der Waals surface area contributed by atoms with Crippen LogP contribution in [0.3, 0.4) is 0 Å². The predicted octanol–water partition coefficient (Wildman–Crippen LogP) is 2.47. The molecule has 0 bridgehead atoms. The molecule has 0 saturated heterocycles. The minimum atomic E-state index is 0.286. The zero-order valence-electron chi connectivity index (χ0n) is 8.80. The monoisotopic (exact) mass is 174 g/mol. The molecule has 0 aliphatic heterocycles. The van der Waals surface area contributed by atoms with Gasteiger partial charge in [0.2, 0.25) is 0 Å². The molecule has 0 aromatic carbocycles. The van der Waals surface area contributed by atoms with E-state index in [9.17, 15) is 0 Å². The summed E-state index contributed by atoms with van der Waals surface area (Å²) in [6, 6.07) is 0. The molecular formula is C10H22O2. The molecule has 0 aliphatic rings. The summed E-state index contributed by atoms with van der Waals surface area (Å²) in [5, 5.41) is 0. The van der Waals surface area contributed by atoms with Crippen molar-refractivity contribution in [3.05, 3.63) is 0 Å². The lowest BCUT2D eigenvalue weighted by atomic mass is 10.0. The van der Waals surface area contributed by atoms with E-state index in [4.69, 9.17) is 9.47 Å². The smallest absolute Gasteiger partial charge is 0.0804 e. The maximum atomic E-state index is 5.25. The summed E-state index contributed by atoms with van der Waals surface area (Å²) in [7, 11) is 3.47. The second-order valence-electron chi connectivity index (χ2n) is 3.64. The maximum absolute atomic E-state index is 5.25. The van der Waals surface area contributed by atoms with Gasteiger partial charge in [-0.3, -0.25) is 0 Å². The second-order valence-corrected chi connectivity index (χ2v) is 3.64. The molecule has 12 heavy (non-hydrogen) atoms. The molecule has 0 aliphatic carbocycles. The summed E-state index contributed by atoms with van der Waals surface area (Å²) in [5.41, 5.74) is 0. The summed E-state index contributed by atoms with van der Waals surface area (Å²) in [6.07, 6.45) is 3.92. The largest absolute Gasteiger partial charge is 0.382 e. The highest BCUT2D eigenvalue weighted by molar-refractivity contribution is 4.57. The first-order valence-electron chi connectivity index (χ1n) is 4.72. The summed E-state index contributed by atoms with van der Waals surface area (Å²) >= 11 is 0. The number of methoxy groups -OCH3 is 2. The van der Waals surface area contributed by atoms with E-state index in [-0.39, 0.29) is 6.10 Å². The van der Waals surface area contributed by atoms with Gasteiger partial charge in [0, 0.05) is 14.2 Å². The van der Waals surface area contributed by atoms with Crippen LogP contribution < -0.4 is 0 Å². The van der Waals surface area contributed by atoms with Gasteiger partial charge in [0.25, 0.3) is 0 Å². The Labute approximate surface area is 76.3 Å². The van der Waals surface area contributed by atoms with Crippen LogP contribution in [-0.4, -0.2) is 26.9 Å². The molecule has 0 N–H and O–H groups in total. The standard InChI is InChI=1S/C10H22O2/c1-9(2)6-5-7-10(12-4)8-11-3/h9-10H,5-8H2,1-4H3. The van der Waals surface area contributed by atoms with Gasteiger partial charge in [0.05, 0.1) is 12.7 Å². The van der Waals surface area contributed by atoms with Crippen molar-refractivity contribution in [3.63, 3.8) is 0 Å². The fourth-order valence-corrected chi connectivity index (χ4v) is 1.21. The Bertz CT molecular complexity index is 91.8. The predicted molar refractivity (Wildman–Crippen MR) is 51.4 cm³/mol. The summed E-state index contributed by atoms with van der Waals surface area (Å²) < 4.78 is 10.3. The van der Waals surface area contributed by atoms with E-state index in [0.29, 0.717) is 6.61 Å². The molecular weight excluding hydrogens is 152 g/mol. The topological polar surface area (TPSA) is 18.5 Å². The summed E-state index contributed by atoms with van der Waals surface area (Å²) in [6.45, 7) is 5.21. The lowest BCUT2D eigenvalue weighted by Crippen LogP contribution is -2.17. The van der Waals surface area contributed by atoms with Gasteiger partial charge in [-0.15, -0.1) is 0 Å². The molecule has 0 aromatic rings. The van der Waals surface area contributed by atoms with Crippen LogP contribution in [0.25, 0.3) is 0 Å². The lowest BCUT2D eigenvalue weighted by Gasteiger charge is -2.14. The number of hydrogen-bond donors (Lipinski definition) is 0. The van der Waals surface area contributed by atoms with E-state index >= 15 is 0 Å². The Morgan fingerprint density at radius 2 is 1.75 bits per heavy atom. The molecule has 0 aromatic heterocycles. The third kappa shape index (κ3) is 6.62. The van der Waals surface area contributed by atoms with Crippen molar-refractivity contribution in [2.75, 3.05) is 20.8 Å². The highest BCUT2D eigenvalue weighted by Crippen LogP contribution is 2.10. The molecule has 1 atom stereocenters. The van der Waals surface area contributed by atoms with E-state index in [1.807, 2.05) is 0 Å². The first-order valence-corrected chi connectivity index (χ1v) is 4.72. The van der Waals surface area contributed by atoms with Crippen LogP contribution in [0.1, 0.15) is 33.1 Å². The summed E-state index contributed by atoms with van der Waals surface area (Å²) in [5.74, 6) is 0.796. The molecule has 0 heterocycles. The van der Waals surface area contributed by atoms with Crippen LogP contribution in [0.2, 0.25) is 0 Å². The minimum Gasteiger partial charge on any atom is -0.382 e. The molecule has 0 saturated carbocycles. The van der Waals surface area contributed by atoms with Crippen LogP contribution in [0, 0.1) is 5.92 Å². The van der Waals surface area contributed by atoms with Gasteiger partial charge < -0.3 is 9.47 Å². The third-order valence-corrected chi connectivity index (χ3v) is 1.99. The van der Waals surface area contributed by atoms with Gasteiger partial charge in [0.15, 0.2) is 0 Å². The van der Waals surface area contributed by atoms with Gasteiger partial charge >= 0.3 is 0 Å². The SMILES string of the molecule is COCC(CCCC(C)C)OC. The Hall–Kier alpha value is -0.0800. The average molecular weight is 174 g/mol. The quantitative estimate of drug-likeness (QED) is 0.590. The molecule has 0 amide bonds. The van der Waals surface area contributed by atoms with Crippen molar-refractivity contribution in [1.82, 2.24) is 0 Å². The number of hydrogen-bond acceptors (Lipinski definition) is 2. The lowest BCUT2D eigenvalue weighted by molar-refractivity contribution is 0.0217. The van der Waals surface area contributed by atoms with Crippen LogP contribution in [0.15, 0.2) is 0 Å². The van der Waals surface area contributed by atoms with Crippen LogP contribution in [-0.2, 0) is 9.47 Å². The molecule has 1 unspecified atom stereocenters. The number of ether oxygens (including phenoxy) is 2. The van der Waals surface area contributed by atoms with Gasteiger partial charge in [-0.2, -0.15) is 0 Å². The van der Waals surface area contributed by atoms with E-state index in [0.717, 1.165) is 12.3 Å². The van der Waals surface area contributed by atoms with Gasteiger partial charge in [-0.25, -0.2) is 0 Å². The van der Waals surface area contributed by atoms with Crippen molar-refractivity contribution < 1.29 is 9.47 Å². The van der Waals surface area contributed by atoms with Crippen molar-refractivity contribution in [1.29, 1.82) is 0 Å². The van der Waals surface area contributed by atoms with Crippen LogP contribution in [0.5, 0.6) is 0 Å². The van der Waals surface area contributed by atoms with Gasteiger partial charge in [-0.05, 0) is 12.3 Å². The summed E-state index contributed by atoms with van der Waals surface area (Å²) in [4.78, 5) is 0. The molecule has 0 fully saturated rings. The second kappa shape index (κ2) is 7.56. The highest BCUT2D eigenvalue weighted by atomic mass is 16.5. The number of rotatable bonds is 7. The highest BCUT2D eigenvalue weighted by Gasteiger charge is 2.06. The van der Waals surface area contributed by atoms with Crippen molar-refractivity contribution >= 4 is 0 Å². The van der Waals surface area contributed by atoms with Crippen LogP contribution in [0.4, 0.5) is 0 Å². The Morgan fingerprint density at radius 3 is 2.17 bits per heavy atom. The van der Waals surface area contributed by atoms with E-state index < -0.39 is 0 Å². The Morgan fingerprint density at radius 1 is 1.08 bits per heavy atom. The fraction of sp³-hybridized carbons (Fsp3) is 1.00. The average Bonchev–Trinajstić information content (AvgIpc) is 2.02. The van der Waals surface area contributed by atoms with Crippen molar-refractivity contribution in [3.8, 4) is 0 Å². The van der Waals surface area contributed by atoms with Gasteiger partial charge in [-0.1, -0.05) is 26.7 Å². The molecule has 2 nitrogen and oxygen atoms in total. The van der Waals surface area contributed by atoms with E-state index in [1.54, 1.807) is 14.2 Å². The molecule has 0 radical (unpaired) electrons. The van der Waals surface area contributed by atoms with E-state index in [1.165, 1.54) is 12.8 Å². The van der Waals surface area contributed by atoms with Crippen molar-refractivity contribution in [2.45, 2.75) is 39.2 Å². The normalized spacial score (nSPS) is 13.8. The Balaban J connectivity index is 3.31. The maximum Gasteiger partial charge on any atom is 0.0804 e. The zero-order valence-corrected chi connectivity index (χ0v) is 8.80. The molecule has 2 heteroatoms. The molecule has 0 spiro atoms. The molecule has 74 valence electrons.